The second-order valence-corrected chi connectivity index (χ2v) is 4.56. The highest BCUT2D eigenvalue weighted by molar-refractivity contribution is 5.75. The third-order valence-corrected chi connectivity index (χ3v) is 3.32. The predicted octanol–water partition coefficient (Wildman–Crippen LogP) is 3.09. The van der Waals surface area contributed by atoms with E-state index in [4.69, 9.17) is 10.3 Å². The first kappa shape index (κ1) is 9.01. The van der Waals surface area contributed by atoms with Crippen molar-refractivity contribution in [2.75, 3.05) is 5.73 Å². The highest BCUT2D eigenvalue weighted by atomic mass is 16.5. The fourth-order valence-corrected chi connectivity index (χ4v) is 2.34. The van der Waals surface area contributed by atoms with E-state index in [1.807, 2.05) is 0 Å². The average Bonchev–Trinajstić information content (AvgIpc) is 3.04. The number of allylic oxidation sites excluding steroid dienone is 2. The molecule has 15 heavy (non-hydrogen) atoms. The van der Waals surface area contributed by atoms with E-state index in [0.717, 1.165) is 17.7 Å². The van der Waals surface area contributed by atoms with Gasteiger partial charge in [-0.1, -0.05) is 11.2 Å². The molecule has 1 fully saturated rings. The second-order valence-electron chi connectivity index (χ2n) is 4.56. The van der Waals surface area contributed by atoms with Gasteiger partial charge < -0.3 is 10.3 Å². The molecule has 0 amide bonds. The van der Waals surface area contributed by atoms with Crippen LogP contribution in [0, 0.1) is 0 Å². The van der Waals surface area contributed by atoms with Crippen molar-refractivity contribution in [2.24, 2.45) is 0 Å². The van der Waals surface area contributed by atoms with Crippen LogP contribution in [0.1, 0.15) is 55.7 Å². The molecule has 1 aromatic heterocycles. The Morgan fingerprint density at radius 2 is 2.20 bits per heavy atom. The molecule has 3 nitrogen and oxygen atoms in total. The lowest BCUT2D eigenvalue weighted by Gasteiger charge is -2.12. The molecule has 0 atom stereocenters. The van der Waals surface area contributed by atoms with Crippen molar-refractivity contribution in [3.63, 3.8) is 0 Å². The molecule has 0 saturated heterocycles. The lowest BCUT2D eigenvalue weighted by atomic mass is 9.92. The summed E-state index contributed by atoms with van der Waals surface area (Å²) in [5, 5.41) is 4.11. The zero-order valence-electron chi connectivity index (χ0n) is 8.83. The smallest absolute Gasteiger partial charge is 0.229 e. The fourth-order valence-electron chi connectivity index (χ4n) is 2.34. The minimum absolute atomic E-state index is 0.519. The van der Waals surface area contributed by atoms with E-state index in [9.17, 15) is 0 Å². The van der Waals surface area contributed by atoms with Crippen molar-refractivity contribution in [3.8, 4) is 0 Å². The molecule has 80 valence electrons. The van der Waals surface area contributed by atoms with Gasteiger partial charge in [-0.3, -0.25) is 0 Å². The van der Waals surface area contributed by atoms with Crippen LogP contribution in [0.15, 0.2) is 10.6 Å². The van der Waals surface area contributed by atoms with Crippen LogP contribution >= 0.6 is 0 Å². The summed E-state index contributed by atoms with van der Waals surface area (Å²) in [7, 11) is 0. The maximum absolute atomic E-state index is 5.87. The van der Waals surface area contributed by atoms with Gasteiger partial charge in [-0.05, 0) is 44.1 Å². The largest absolute Gasteiger partial charge is 0.367 e. The lowest BCUT2D eigenvalue weighted by molar-refractivity contribution is 0.428. The molecule has 0 radical (unpaired) electrons. The molecule has 1 saturated carbocycles. The maximum atomic E-state index is 5.87. The van der Waals surface area contributed by atoms with Gasteiger partial charge in [0.1, 0.15) is 0 Å². The van der Waals surface area contributed by atoms with Crippen LogP contribution in [0.4, 0.5) is 5.88 Å². The van der Waals surface area contributed by atoms with E-state index in [1.165, 1.54) is 37.7 Å². The molecule has 0 aromatic carbocycles. The molecular formula is C12H16N2O. The molecule has 3 heteroatoms. The summed E-state index contributed by atoms with van der Waals surface area (Å²) in [5.74, 6) is 1.13. The number of rotatable bonds is 2. The Labute approximate surface area is 89.3 Å². The van der Waals surface area contributed by atoms with Crippen molar-refractivity contribution in [1.29, 1.82) is 0 Å². The van der Waals surface area contributed by atoms with Gasteiger partial charge >= 0.3 is 0 Å². The molecule has 2 aliphatic rings. The topological polar surface area (TPSA) is 52.0 Å². The zero-order chi connectivity index (χ0) is 10.3. The summed E-state index contributed by atoms with van der Waals surface area (Å²) in [5.41, 5.74) is 9.46. The molecule has 0 aliphatic heterocycles. The SMILES string of the molecule is Nc1onc(C2CC2)c1C1=CCCCC1. The number of nitrogens with two attached hydrogens (primary N) is 1. The summed E-state index contributed by atoms with van der Waals surface area (Å²) in [6.07, 6.45) is 9.65. The normalized spacial score (nSPS) is 21.5. The molecule has 3 rings (SSSR count). The summed E-state index contributed by atoms with van der Waals surface area (Å²) in [6, 6.07) is 0. The van der Waals surface area contributed by atoms with Crippen LogP contribution in [0.2, 0.25) is 0 Å². The number of hydrogen-bond acceptors (Lipinski definition) is 3. The summed E-state index contributed by atoms with van der Waals surface area (Å²) in [6.45, 7) is 0. The standard InChI is InChI=1S/C12H16N2O/c13-12-10(8-4-2-1-3-5-8)11(14-15-12)9-6-7-9/h4,9H,1-3,5-7,13H2. The van der Waals surface area contributed by atoms with Crippen LogP contribution in [-0.2, 0) is 0 Å². The molecule has 0 bridgehead atoms. The third-order valence-electron chi connectivity index (χ3n) is 3.32. The highest BCUT2D eigenvalue weighted by Gasteiger charge is 2.32. The second kappa shape index (κ2) is 3.40. The number of hydrogen-bond donors (Lipinski definition) is 1. The molecule has 2 N–H and O–H groups in total. The fraction of sp³-hybridized carbons (Fsp3) is 0.583. The van der Waals surface area contributed by atoms with Crippen LogP contribution in [0.25, 0.3) is 5.57 Å². The van der Waals surface area contributed by atoms with Gasteiger partial charge in [0.15, 0.2) is 0 Å². The lowest BCUT2D eigenvalue weighted by Crippen LogP contribution is -1.97. The van der Waals surface area contributed by atoms with Gasteiger partial charge in [-0.2, -0.15) is 0 Å². The number of anilines is 1. The van der Waals surface area contributed by atoms with Gasteiger partial charge in [-0.15, -0.1) is 0 Å². The maximum Gasteiger partial charge on any atom is 0.229 e. The van der Waals surface area contributed by atoms with Gasteiger partial charge in [0.25, 0.3) is 0 Å². The van der Waals surface area contributed by atoms with Crippen LogP contribution < -0.4 is 5.73 Å². The van der Waals surface area contributed by atoms with E-state index >= 15 is 0 Å². The first-order chi connectivity index (χ1) is 7.36. The molecule has 1 aromatic rings. The Kier molecular flexibility index (Phi) is 2.04. The Bertz CT molecular complexity index is 402. The van der Waals surface area contributed by atoms with Crippen molar-refractivity contribution >= 4 is 11.5 Å². The number of nitrogen functional groups attached to an aromatic ring is 1. The summed E-state index contributed by atoms with van der Waals surface area (Å²) >= 11 is 0. The molecule has 0 unspecified atom stereocenters. The van der Waals surface area contributed by atoms with Crippen molar-refractivity contribution in [2.45, 2.75) is 44.4 Å². The first-order valence-corrected chi connectivity index (χ1v) is 5.80. The van der Waals surface area contributed by atoms with Gasteiger partial charge in [0.05, 0.1) is 11.3 Å². The first-order valence-electron chi connectivity index (χ1n) is 5.80. The summed E-state index contributed by atoms with van der Waals surface area (Å²) < 4.78 is 5.14. The van der Waals surface area contributed by atoms with E-state index in [0.29, 0.717) is 11.8 Å². The molecule has 1 heterocycles. The van der Waals surface area contributed by atoms with E-state index in [1.54, 1.807) is 0 Å². The quantitative estimate of drug-likeness (QED) is 0.805. The molecule has 0 spiro atoms. The Balaban J connectivity index is 2.01. The van der Waals surface area contributed by atoms with Crippen molar-refractivity contribution < 1.29 is 4.52 Å². The van der Waals surface area contributed by atoms with Gasteiger partial charge in [0, 0.05) is 5.92 Å². The average molecular weight is 204 g/mol. The van der Waals surface area contributed by atoms with E-state index in [-0.39, 0.29) is 0 Å². The molecule has 2 aliphatic carbocycles. The predicted molar refractivity (Wildman–Crippen MR) is 59.3 cm³/mol. The van der Waals surface area contributed by atoms with Crippen LogP contribution in [0.5, 0.6) is 0 Å². The van der Waals surface area contributed by atoms with E-state index in [2.05, 4.69) is 11.2 Å². The van der Waals surface area contributed by atoms with Gasteiger partial charge in [0.2, 0.25) is 5.88 Å². The highest BCUT2D eigenvalue weighted by Crippen LogP contribution is 2.45. The van der Waals surface area contributed by atoms with Crippen molar-refractivity contribution in [3.05, 3.63) is 17.3 Å². The van der Waals surface area contributed by atoms with E-state index < -0.39 is 0 Å². The van der Waals surface area contributed by atoms with Gasteiger partial charge in [-0.25, -0.2) is 0 Å². The number of nitrogens with zero attached hydrogens (tertiary/aromatic N) is 1. The third kappa shape index (κ3) is 1.56. The zero-order valence-corrected chi connectivity index (χ0v) is 8.83. The van der Waals surface area contributed by atoms with Crippen LogP contribution in [-0.4, -0.2) is 5.16 Å². The minimum atomic E-state index is 0.519. The summed E-state index contributed by atoms with van der Waals surface area (Å²) in [4.78, 5) is 0. The van der Waals surface area contributed by atoms with Crippen molar-refractivity contribution in [1.82, 2.24) is 5.16 Å². The monoisotopic (exact) mass is 204 g/mol. The van der Waals surface area contributed by atoms with Crippen LogP contribution in [0.3, 0.4) is 0 Å². The number of aromatic nitrogens is 1. The molecular weight excluding hydrogens is 188 g/mol. The Morgan fingerprint density at radius 1 is 1.33 bits per heavy atom. The Morgan fingerprint density at radius 3 is 2.87 bits per heavy atom. The minimum Gasteiger partial charge on any atom is -0.367 e. The Hall–Kier alpha value is -1.25.